The SMILES string of the molecule is CCC(C(=O)OCC(=O)NC)C(C)C(C)C(C)C(C)C. The summed E-state index contributed by atoms with van der Waals surface area (Å²) in [7, 11) is 1.53. The molecule has 0 aromatic carbocycles. The fourth-order valence-corrected chi connectivity index (χ4v) is 2.52. The molecule has 4 nitrogen and oxygen atoms in total. The van der Waals surface area contributed by atoms with Gasteiger partial charge in [-0.1, -0.05) is 41.5 Å². The van der Waals surface area contributed by atoms with Crippen molar-refractivity contribution in [2.45, 2.75) is 48.0 Å². The van der Waals surface area contributed by atoms with Gasteiger partial charge in [-0.25, -0.2) is 0 Å². The molecule has 0 saturated carbocycles. The van der Waals surface area contributed by atoms with Gasteiger partial charge in [0.1, 0.15) is 0 Å². The van der Waals surface area contributed by atoms with Crippen LogP contribution >= 0.6 is 0 Å². The fraction of sp³-hybridized carbons (Fsp3) is 0.875. The molecule has 0 aliphatic rings. The van der Waals surface area contributed by atoms with Gasteiger partial charge < -0.3 is 10.1 Å². The van der Waals surface area contributed by atoms with E-state index in [0.717, 1.165) is 6.42 Å². The Morgan fingerprint density at radius 1 is 1.00 bits per heavy atom. The molecule has 0 aliphatic heterocycles. The van der Waals surface area contributed by atoms with E-state index in [2.05, 4.69) is 39.9 Å². The monoisotopic (exact) mass is 285 g/mol. The molecule has 0 fully saturated rings. The van der Waals surface area contributed by atoms with E-state index in [1.54, 1.807) is 0 Å². The van der Waals surface area contributed by atoms with E-state index in [-0.39, 0.29) is 30.3 Å². The Bertz CT molecular complexity index is 315. The molecule has 1 amide bonds. The van der Waals surface area contributed by atoms with Crippen LogP contribution in [0.5, 0.6) is 0 Å². The van der Waals surface area contributed by atoms with Crippen LogP contribution in [0.4, 0.5) is 0 Å². The lowest BCUT2D eigenvalue weighted by molar-refractivity contribution is -0.155. The third-order valence-electron chi connectivity index (χ3n) is 4.71. The zero-order chi connectivity index (χ0) is 15.9. The molecular formula is C16H31NO3. The molecule has 0 aromatic rings. The van der Waals surface area contributed by atoms with Crippen molar-refractivity contribution in [1.82, 2.24) is 5.32 Å². The third kappa shape index (κ3) is 5.51. The summed E-state index contributed by atoms with van der Waals surface area (Å²) >= 11 is 0. The predicted octanol–water partition coefficient (Wildman–Crippen LogP) is 2.87. The van der Waals surface area contributed by atoms with Crippen molar-refractivity contribution in [2.75, 3.05) is 13.7 Å². The Morgan fingerprint density at radius 3 is 1.95 bits per heavy atom. The molecule has 20 heavy (non-hydrogen) atoms. The maximum atomic E-state index is 12.1. The minimum absolute atomic E-state index is 0.143. The Balaban J connectivity index is 4.64. The first-order chi connectivity index (χ1) is 9.26. The fourth-order valence-electron chi connectivity index (χ4n) is 2.52. The second-order valence-corrected chi connectivity index (χ2v) is 6.12. The van der Waals surface area contributed by atoms with Gasteiger partial charge >= 0.3 is 5.97 Å². The number of carbonyl (C=O) groups excluding carboxylic acids is 2. The van der Waals surface area contributed by atoms with Crippen LogP contribution in [0.15, 0.2) is 0 Å². The smallest absolute Gasteiger partial charge is 0.309 e. The highest BCUT2D eigenvalue weighted by atomic mass is 16.5. The van der Waals surface area contributed by atoms with Crippen LogP contribution in [0, 0.1) is 29.6 Å². The van der Waals surface area contributed by atoms with Crippen LogP contribution in [0.3, 0.4) is 0 Å². The van der Waals surface area contributed by atoms with Crippen LogP contribution in [0.2, 0.25) is 0 Å². The first-order valence-electron chi connectivity index (χ1n) is 7.63. The summed E-state index contributed by atoms with van der Waals surface area (Å²) in [4.78, 5) is 23.3. The van der Waals surface area contributed by atoms with E-state index >= 15 is 0 Å². The van der Waals surface area contributed by atoms with E-state index in [0.29, 0.717) is 17.8 Å². The zero-order valence-corrected chi connectivity index (χ0v) is 14.0. The molecule has 0 heterocycles. The molecule has 118 valence electrons. The summed E-state index contributed by atoms with van der Waals surface area (Å²) in [5.74, 6) is 1.14. The minimum Gasteiger partial charge on any atom is -0.455 e. The Labute approximate surface area is 123 Å². The largest absolute Gasteiger partial charge is 0.455 e. The highest BCUT2D eigenvalue weighted by molar-refractivity contribution is 5.81. The van der Waals surface area contributed by atoms with E-state index < -0.39 is 0 Å². The lowest BCUT2D eigenvalue weighted by Gasteiger charge is -2.32. The van der Waals surface area contributed by atoms with Gasteiger partial charge in [0.25, 0.3) is 5.91 Å². The second kappa shape index (κ2) is 8.98. The van der Waals surface area contributed by atoms with Gasteiger partial charge in [0.15, 0.2) is 6.61 Å². The summed E-state index contributed by atoms with van der Waals surface area (Å²) in [5.41, 5.74) is 0. The molecule has 0 radical (unpaired) electrons. The molecule has 4 heteroatoms. The molecule has 0 rings (SSSR count). The van der Waals surface area contributed by atoms with Crippen LogP contribution < -0.4 is 5.32 Å². The molecule has 0 aromatic heterocycles. The molecule has 0 spiro atoms. The molecule has 0 bridgehead atoms. The lowest BCUT2D eigenvalue weighted by atomic mass is 9.73. The van der Waals surface area contributed by atoms with Crippen LogP contribution in [-0.4, -0.2) is 25.5 Å². The molecular weight excluding hydrogens is 254 g/mol. The molecule has 4 unspecified atom stereocenters. The van der Waals surface area contributed by atoms with Gasteiger partial charge in [-0.2, -0.15) is 0 Å². The van der Waals surface area contributed by atoms with E-state index in [1.165, 1.54) is 7.05 Å². The third-order valence-corrected chi connectivity index (χ3v) is 4.71. The zero-order valence-electron chi connectivity index (χ0n) is 14.0. The average molecular weight is 285 g/mol. The van der Waals surface area contributed by atoms with E-state index in [4.69, 9.17) is 4.74 Å². The van der Waals surface area contributed by atoms with Gasteiger partial charge in [0.05, 0.1) is 5.92 Å². The van der Waals surface area contributed by atoms with Gasteiger partial charge in [-0.3, -0.25) is 9.59 Å². The summed E-state index contributed by atoms with van der Waals surface area (Å²) in [6.07, 6.45) is 0.739. The number of hydrogen-bond acceptors (Lipinski definition) is 3. The number of carbonyl (C=O) groups is 2. The number of rotatable bonds is 8. The van der Waals surface area contributed by atoms with E-state index in [9.17, 15) is 9.59 Å². The Morgan fingerprint density at radius 2 is 1.55 bits per heavy atom. The molecule has 4 atom stereocenters. The Kier molecular flexibility index (Phi) is 8.51. The van der Waals surface area contributed by atoms with Crippen LogP contribution in [-0.2, 0) is 14.3 Å². The summed E-state index contributed by atoms with van der Waals surface area (Å²) in [6.45, 7) is 12.8. The van der Waals surface area contributed by atoms with Gasteiger partial charge in [-0.15, -0.1) is 0 Å². The van der Waals surface area contributed by atoms with E-state index in [1.807, 2.05) is 6.92 Å². The summed E-state index contributed by atoms with van der Waals surface area (Å²) in [5, 5.41) is 2.45. The van der Waals surface area contributed by atoms with Crippen molar-refractivity contribution in [3.63, 3.8) is 0 Å². The highest BCUT2D eigenvalue weighted by Crippen LogP contribution is 2.33. The van der Waals surface area contributed by atoms with Crippen molar-refractivity contribution in [2.24, 2.45) is 29.6 Å². The minimum atomic E-state index is -0.274. The van der Waals surface area contributed by atoms with Gasteiger partial charge in [0, 0.05) is 7.05 Å². The lowest BCUT2D eigenvalue weighted by Crippen LogP contribution is -2.34. The normalized spacial score (nSPS) is 17.2. The summed E-state index contributed by atoms with van der Waals surface area (Å²) < 4.78 is 5.11. The number of ether oxygens (including phenoxy) is 1. The maximum Gasteiger partial charge on any atom is 0.309 e. The first-order valence-corrected chi connectivity index (χ1v) is 7.63. The maximum absolute atomic E-state index is 12.1. The van der Waals surface area contributed by atoms with Crippen molar-refractivity contribution in [3.05, 3.63) is 0 Å². The average Bonchev–Trinajstić information content (AvgIpc) is 2.43. The first kappa shape index (κ1) is 18.9. The quantitative estimate of drug-likeness (QED) is 0.698. The summed E-state index contributed by atoms with van der Waals surface area (Å²) in [6, 6.07) is 0. The standard InChI is InChI=1S/C16H31NO3/c1-8-14(16(19)20-9-15(18)17-7)13(6)12(5)11(4)10(2)3/h10-14H,8-9H2,1-7H3,(H,17,18). The molecule has 0 aliphatic carbocycles. The topological polar surface area (TPSA) is 55.4 Å². The van der Waals surface area contributed by atoms with Crippen LogP contribution in [0.1, 0.15) is 48.0 Å². The number of likely N-dealkylation sites (N-methyl/N-ethyl adjacent to an activating group) is 1. The number of amides is 1. The van der Waals surface area contributed by atoms with Crippen molar-refractivity contribution in [1.29, 1.82) is 0 Å². The van der Waals surface area contributed by atoms with Crippen LogP contribution in [0.25, 0.3) is 0 Å². The van der Waals surface area contributed by atoms with Gasteiger partial charge in [0.2, 0.25) is 0 Å². The number of esters is 1. The second-order valence-electron chi connectivity index (χ2n) is 6.12. The van der Waals surface area contributed by atoms with Crippen molar-refractivity contribution >= 4 is 11.9 Å². The molecule has 1 N–H and O–H groups in total. The van der Waals surface area contributed by atoms with Gasteiger partial charge in [-0.05, 0) is 30.1 Å². The predicted molar refractivity (Wildman–Crippen MR) is 81.1 cm³/mol. The molecule has 0 saturated heterocycles. The number of nitrogens with one attached hydrogen (secondary N) is 1. The Hall–Kier alpha value is -1.06. The van der Waals surface area contributed by atoms with Crippen molar-refractivity contribution < 1.29 is 14.3 Å². The number of hydrogen-bond donors (Lipinski definition) is 1. The van der Waals surface area contributed by atoms with Crippen molar-refractivity contribution in [3.8, 4) is 0 Å². The highest BCUT2D eigenvalue weighted by Gasteiger charge is 2.32.